The highest BCUT2D eigenvalue weighted by molar-refractivity contribution is 5.97. The molecule has 1 atom stereocenters. The van der Waals surface area contributed by atoms with Crippen LogP contribution in [0.1, 0.15) is 31.9 Å². The minimum atomic E-state index is -4.28. The summed E-state index contributed by atoms with van der Waals surface area (Å²) >= 11 is 0. The molecule has 120 valence electrons. The van der Waals surface area contributed by atoms with Gasteiger partial charge in [0.05, 0.1) is 12.2 Å². The molecule has 1 aromatic rings. The lowest BCUT2D eigenvalue weighted by atomic mass is 10.1. The van der Waals surface area contributed by atoms with Gasteiger partial charge in [-0.15, -0.1) is 6.42 Å². The predicted octanol–water partition coefficient (Wildman–Crippen LogP) is 3.46. The maximum atomic E-state index is 12.0. The Balaban J connectivity index is 0.000000409. The van der Waals surface area contributed by atoms with Crippen molar-refractivity contribution in [2.75, 3.05) is 6.61 Å². The minimum Gasteiger partial charge on any atom is -0.465 e. The van der Waals surface area contributed by atoms with Crippen molar-refractivity contribution in [3.05, 3.63) is 35.4 Å². The number of carbonyl (C=O) groups excluding carboxylic acids is 2. The lowest BCUT2D eigenvalue weighted by molar-refractivity contribution is -0.150. The molecule has 3 nitrogen and oxygen atoms in total. The maximum absolute atomic E-state index is 12.0. The van der Waals surface area contributed by atoms with Crippen molar-refractivity contribution in [3.63, 3.8) is 0 Å². The van der Waals surface area contributed by atoms with Gasteiger partial charge in [-0.25, -0.2) is 0 Å². The Morgan fingerprint density at radius 3 is 2.09 bits per heavy atom. The number of ketones is 1. The first-order chi connectivity index (χ1) is 10.1. The van der Waals surface area contributed by atoms with E-state index in [-0.39, 0.29) is 5.78 Å². The van der Waals surface area contributed by atoms with Crippen LogP contribution in [0.5, 0.6) is 0 Å². The third kappa shape index (κ3) is 6.93. The zero-order valence-electron chi connectivity index (χ0n) is 12.5. The van der Waals surface area contributed by atoms with E-state index >= 15 is 0 Å². The summed E-state index contributed by atoms with van der Waals surface area (Å²) in [6, 6.07) is 4.47. The van der Waals surface area contributed by atoms with Gasteiger partial charge in [0.25, 0.3) is 0 Å². The van der Waals surface area contributed by atoms with Gasteiger partial charge >= 0.3 is 12.1 Å². The monoisotopic (exact) mass is 314 g/mol. The third-order valence-electron chi connectivity index (χ3n) is 2.63. The molecular weight excluding hydrogens is 297 g/mol. The van der Waals surface area contributed by atoms with Crippen molar-refractivity contribution in [3.8, 4) is 12.3 Å². The molecule has 0 heterocycles. The van der Waals surface area contributed by atoms with Crippen molar-refractivity contribution in [1.82, 2.24) is 0 Å². The van der Waals surface area contributed by atoms with E-state index in [9.17, 15) is 22.8 Å². The van der Waals surface area contributed by atoms with Crippen LogP contribution < -0.4 is 0 Å². The average Bonchev–Trinajstić information content (AvgIpc) is 2.46. The van der Waals surface area contributed by atoms with Gasteiger partial charge < -0.3 is 4.74 Å². The van der Waals surface area contributed by atoms with Crippen LogP contribution in [0, 0.1) is 18.3 Å². The molecule has 0 radical (unpaired) electrons. The second-order valence-corrected chi connectivity index (χ2v) is 4.30. The van der Waals surface area contributed by atoms with E-state index in [1.54, 1.807) is 13.8 Å². The van der Waals surface area contributed by atoms with Crippen molar-refractivity contribution in [1.29, 1.82) is 0 Å². The lowest BCUT2D eigenvalue weighted by Gasteiger charge is -2.05. The van der Waals surface area contributed by atoms with Crippen molar-refractivity contribution in [2.45, 2.75) is 26.9 Å². The van der Waals surface area contributed by atoms with Gasteiger partial charge in [-0.3, -0.25) is 9.59 Å². The van der Waals surface area contributed by atoms with E-state index < -0.39 is 23.6 Å². The van der Waals surface area contributed by atoms with Crippen LogP contribution in [-0.4, -0.2) is 18.4 Å². The second-order valence-electron chi connectivity index (χ2n) is 4.30. The Morgan fingerprint density at radius 1 is 1.27 bits per heavy atom. The summed E-state index contributed by atoms with van der Waals surface area (Å²) in [4.78, 5) is 21.3. The molecule has 0 aromatic heterocycles. The highest BCUT2D eigenvalue weighted by Crippen LogP contribution is 2.28. The van der Waals surface area contributed by atoms with Gasteiger partial charge in [0.1, 0.15) is 11.7 Å². The van der Waals surface area contributed by atoms with Gasteiger partial charge in [0.15, 0.2) is 0 Å². The molecule has 0 saturated heterocycles. The molecule has 0 aliphatic heterocycles. The first kappa shape index (κ1) is 19.7. The first-order valence-electron chi connectivity index (χ1n) is 6.44. The zero-order valence-corrected chi connectivity index (χ0v) is 12.5. The van der Waals surface area contributed by atoms with Crippen LogP contribution in [0.25, 0.3) is 0 Å². The summed E-state index contributed by atoms with van der Waals surface area (Å²) in [5, 5.41) is 0. The molecule has 0 aliphatic carbocycles. The highest BCUT2D eigenvalue weighted by Gasteiger charge is 2.29. The van der Waals surface area contributed by atoms with E-state index in [0.717, 1.165) is 12.1 Å². The molecule has 1 aromatic carbocycles. The Kier molecular flexibility index (Phi) is 7.95. The summed E-state index contributed by atoms with van der Waals surface area (Å²) in [5.74, 6) is 1.04. The Hall–Kier alpha value is -2.29. The maximum Gasteiger partial charge on any atom is 0.416 e. The molecule has 0 aliphatic rings. The number of ether oxygens (including phenoxy) is 1. The Labute approximate surface area is 127 Å². The van der Waals surface area contributed by atoms with Crippen LogP contribution in [0.3, 0.4) is 0 Å². The molecule has 0 amide bonds. The quantitative estimate of drug-likeness (QED) is 0.487. The molecule has 22 heavy (non-hydrogen) atoms. The molecule has 6 heteroatoms. The highest BCUT2D eigenvalue weighted by atomic mass is 19.4. The largest absolute Gasteiger partial charge is 0.465 e. The van der Waals surface area contributed by atoms with E-state index in [2.05, 4.69) is 10.7 Å². The fourth-order valence-corrected chi connectivity index (χ4v) is 1.19. The van der Waals surface area contributed by atoms with Crippen LogP contribution in [-0.2, 0) is 20.5 Å². The SMILES string of the molecule is C#Cc1ccc(C(F)(F)F)cc1.CCOC(=O)C(C)C(C)=O. The van der Waals surface area contributed by atoms with E-state index in [1.165, 1.54) is 19.1 Å². The first-order valence-corrected chi connectivity index (χ1v) is 6.44. The van der Waals surface area contributed by atoms with Crippen LogP contribution in [0.2, 0.25) is 0 Å². The number of esters is 1. The van der Waals surface area contributed by atoms with Crippen molar-refractivity contribution in [2.24, 2.45) is 5.92 Å². The number of carbonyl (C=O) groups is 2. The zero-order chi connectivity index (χ0) is 17.3. The number of hydrogen-bond acceptors (Lipinski definition) is 3. The molecule has 0 saturated carbocycles. The number of hydrogen-bond donors (Lipinski definition) is 0. The minimum absolute atomic E-state index is 0.154. The van der Waals surface area contributed by atoms with Gasteiger partial charge in [0.2, 0.25) is 0 Å². The van der Waals surface area contributed by atoms with Crippen LogP contribution in [0.4, 0.5) is 13.2 Å². The average molecular weight is 314 g/mol. The summed E-state index contributed by atoms with van der Waals surface area (Å²) in [6.07, 6.45) is 0.693. The fraction of sp³-hybridized carbons (Fsp3) is 0.375. The normalized spacial score (nSPS) is 11.5. The standard InChI is InChI=1S/C9H5F3.C7H12O3/c1-2-7-3-5-8(6-4-7)9(10,11)12;1-4-10-7(9)5(2)6(3)8/h1,3-6H;5H,4H2,1-3H3. The van der Waals surface area contributed by atoms with Gasteiger partial charge in [-0.1, -0.05) is 5.92 Å². The molecule has 0 bridgehead atoms. The smallest absolute Gasteiger partial charge is 0.416 e. The van der Waals surface area contributed by atoms with E-state index in [0.29, 0.717) is 12.2 Å². The Morgan fingerprint density at radius 2 is 1.77 bits per heavy atom. The molecular formula is C16H17F3O3. The second kappa shape index (κ2) is 8.88. The van der Waals surface area contributed by atoms with E-state index in [1.807, 2.05) is 0 Å². The van der Waals surface area contributed by atoms with Crippen molar-refractivity contribution >= 4 is 11.8 Å². The molecule has 0 N–H and O–H groups in total. The predicted molar refractivity (Wildman–Crippen MR) is 75.9 cm³/mol. The Bertz CT molecular complexity index is 539. The number of alkyl halides is 3. The summed E-state index contributed by atoms with van der Waals surface area (Å²) in [7, 11) is 0. The number of benzene rings is 1. The van der Waals surface area contributed by atoms with Crippen LogP contribution in [0.15, 0.2) is 24.3 Å². The molecule has 0 spiro atoms. The summed E-state index contributed by atoms with van der Waals surface area (Å²) < 4.78 is 40.5. The number of Topliss-reactive ketones (excluding diaryl/α,β-unsaturated/α-hetero) is 1. The summed E-state index contributed by atoms with van der Waals surface area (Å²) in [6.45, 7) is 4.96. The number of halogens is 3. The van der Waals surface area contributed by atoms with Crippen molar-refractivity contribution < 1.29 is 27.5 Å². The molecule has 0 fully saturated rings. The van der Waals surface area contributed by atoms with Gasteiger partial charge in [-0.2, -0.15) is 13.2 Å². The van der Waals surface area contributed by atoms with Gasteiger partial charge in [-0.05, 0) is 45.0 Å². The summed E-state index contributed by atoms with van der Waals surface area (Å²) in [5.41, 5.74) is -0.232. The van der Waals surface area contributed by atoms with Gasteiger partial charge in [0, 0.05) is 5.56 Å². The van der Waals surface area contributed by atoms with E-state index in [4.69, 9.17) is 6.42 Å². The molecule has 1 unspecified atom stereocenters. The topological polar surface area (TPSA) is 43.4 Å². The number of rotatable bonds is 3. The van der Waals surface area contributed by atoms with Crippen LogP contribution >= 0.6 is 0 Å². The third-order valence-corrected chi connectivity index (χ3v) is 2.63. The fourth-order valence-electron chi connectivity index (χ4n) is 1.19. The number of terminal acetylenes is 1. The molecule has 1 rings (SSSR count). The lowest BCUT2D eigenvalue weighted by Crippen LogP contribution is -2.20.